The topological polar surface area (TPSA) is 106 Å². The molecule has 0 aromatic heterocycles. The van der Waals surface area contributed by atoms with Crippen LogP contribution in [0.2, 0.25) is 0 Å². The molecular formula is C20H31NO6. The number of hydrogen-bond donors (Lipinski definition) is 0. The van der Waals surface area contributed by atoms with Crippen molar-refractivity contribution in [3.8, 4) is 0 Å². The van der Waals surface area contributed by atoms with Crippen LogP contribution in [0.25, 0.3) is 0 Å². The molecule has 0 amide bonds. The molecule has 0 radical (unpaired) electrons. The van der Waals surface area contributed by atoms with Gasteiger partial charge in [0.1, 0.15) is 34.7 Å². The van der Waals surface area contributed by atoms with Crippen molar-refractivity contribution in [2.24, 2.45) is 0 Å². The minimum absolute atomic E-state index is 0.0124. The van der Waals surface area contributed by atoms with Crippen molar-refractivity contribution >= 4 is 34.7 Å². The van der Waals surface area contributed by atoms with Gasteiger partial charge in [-0.1, -0.05) is 13.8 Å². The fraction of sp³-hybridized carbons (Fsp3) is 0.700. The molecule has 7 nitrogen and oxygen atoms in total. The van der Waals surface area contributed by atoms with Crippen LogP contribution < -0.4 is 0 Å². The number of carbonyl (C=O) groups excluding carboxylic acids is 6. The van der Waals surface area contributed by atoms with E-state index in [4.69, 9.17) is 0 Å². The molecule has 0 aromatic carbocycles. The van der Waals surface area contributed by atoms with E-state index in [0.717, 1.165) is 0 Å². The lowest BCUT2D eigenvalue weighted by Crippen LogP contribution is -2.38. The standard InChI is InChI=1S/C20H31NO6/c1-4-16(23)8-10-19(26)13-21(12-18(25)7-6-15(3)22)14-20(27)11-9-17(24)5-2/h4-14H2,1-3H3. The van der Waals surface area contributed by atoms with Crippen LogP contribution in [-0.4, -0.2) is 59.2 Å². The number of hydrogen-bond acceptors (Lipinski definition) is 7. The van der Waals surface area contributed by atoms with Crippen molar-refractivity contribution in [3.05, 3.63) is 0 Å². The summed E-state index contributed by atoms with van der Waals surface area (Å²) in [4.78, 5) is 71.3. The summed E-state index contributed by atoms with van der Waals surface area (Å²) in [6.45, 7) is 4.54. The summed E-state index contributed by atoms with van der Waals surface area (Å²) in [6, 6.07) is 0. The number of Topliss-reactive ketones (excluding diaryl/α,β-unsaturated/α-hetero) is 6. The number of carbonyl (C=O) groups is 6. The second-order valence-electron chi connectivity index (χ2n) is 6.75. The molecule has 0 unspecified atom stereocenters. The van der Waals surface area contributed by atoms with Crippen molar-refractivity contribution in [1.29, 1.82) is 0 Å². The first-order chi connectivity index (χ1) is 12.7. The summed E-state index contributed by atoms with van der Waals surface area (Å²) >= 11 is 0. The fourth-order valence-electron chi connectivity index (χ4n) is 2.38. The first kappa shape index (κ1) is 25.0. The Balaban J connectivity index is 4.72. The average Bonchev–Trinajstić information content (AvgIpc) is 2.62. The normalized spacial score (nSPS) is 10.7. The highest BCUT2D eigenvalue weighted by molar-refractivity contribution is 5.90. The highest BCUT2D eigenvalue weighted by Crippen LogP contribution is 2.04. The molecule has 0 heterocycles. The van der Waals surface area contributed by atoms with E-state index >= 15 is 0 Å². The summed E-state index contributed by atoms with van der Waals surface area (Å²) in [5, 5.41) is 0. The van der Waals surface area contributed by atoms with E-state index in [2.05, 4.69) is 0 Å². The molecule has 0 spiro atoms. The van der Waals surface area contributed by atoms with Crippen LogP contribution in [0.1, 0.15) is 72.1 Å². The van der Waals surface area contributed by atoms with Crippen molar-refractivity contribution < 1.29 is 28.8 Å². The quantitative estimate of drug-likeness (QED) is 0.379. The fourth-order valence-corrected chi connectivity index (χ4v) is 2.38. The Hall–Kier alpha value is -2.02. The largest absolute Gasteiger partial charge is 0.300 e. The van der Waals surface area contributed by atoms with Crippen molar-refractivity contribution in [2.45, 2.75) is 72.1 Å². The summed E-state index contributed by atoms with van der Waals surface area (Å²) in [7, 11) is 0. The average molecular weight is 381 g/mol. The molecule has 0 bridgehead atoms. The molecular weight excluding hydrogens is 350 g/mol. The third-order valence-corrected chi connectivity index (χ3v) is 4.11. The lowest BCUT2D eigenvalue weighted by Gasteiger charge is -2.20. The number of rotatable bonds is 17. The summed E-state index contributed by atoms with van der Waals surface area (Å²) in [5.41, 5.74) is 0. The van der Waals surface area contributed by atoms with E-state index in [1.54, 1.807) is 13.8 Å². The van der Waals surface area contributed by atoms with Crippen LogP contribution in [0, 0.1) is 0 Å². The molecule has 0 atom stereocenters. The van der Waals surface area contributed by atoms with E-state index in [1.807, 2.05) is 0 Å². The third-order valence-electron chi connectivity index (χ3n) is 4.11. The molecule has 152 valence electrons. The van der Waals surface area contributed by atoms with Crippen molar-refractivity contribution in [3.63, 3.8) is 0 Å². The second-order valence-corrected chi connectivity index (χ2v) is 6.75. The molecule has 7 heteroatoms. The highest BCUT2D eigenvalue weighted by Gasteiger charge is 2.19. The maximum Gasteiger partial charge on any atom is 0.147 e. The highest BCUT2D eigenvalue weighted by atomic mass is 16.2. The zero-order valence-electron chi connectivity index (χ0n) is 16.7. The Morgan fingerprint density at radius 2 is 0.815 bits per heavy atom. The predicted octanol–water partition coefficient (Wildman–Crippen LogP) is 1.88. The minimum atomic E-state index is -0.222. The summed E-state index contributed by atoms with van der Waals surface area (Å²) < 4.78 is 0. The maximum absolute atomic E-state index is 12.1. The van der Waals surface area contributed by atoms with E-state index in [9.17, 15) is 28.8 Å². The Morgan fingerprint density at radius 3 is 1.11 bits per heavy atom. The molecule has 27 heavy (non-hydrogen) atoms. The van der Waals surface area contributed by atoms with Crippen molar-refractivity contribution in [1.82, 2.24) is 4.90 Å². The zero-order chi connectivity index (χ0) is 20.8. The van der Waals surface area contributed by atoms with Gasteiger partial charge >= 0.3 is 0 Å². The van der Waals surface area contributed by atoms with Gasteiger partial charge in [0.25, 0.3) is 0 Å². The third kappa shape index (κ3) is 13.8. The second kappa shape index (κ2) is 14.1. The van der Waals surface area contributed by atoms with Gasteiger partial charge in [-0.25, -0.2) is 0 Å². The van der Waals surface area contributed by atoms with Crippen LogP contribution in [0.15, 0.2) is 0 Å². The Labute approximate surface area is 160 Å². The van der Waals surface area contributed by atoms with Gasteiger partial charge in [-0.3, -0.25) is 28.9 Å². The van der Waals surface area contributed by atoms with Crippen LogP contribution in [0.3, 0.4) is 0 Å². The van der Waals surface area contributed by atoms with Crippen LogP contribution in [-0.2, 0) is 28.8 Å². The first-order valence-corrected chi connectivity index (χ1v) is 9.48. The van der Waals surface area contributed by atoms with Crippen LogP contribution in [0.4, 0.5) is 0 Å². The van der Waals surface area contributed by atoms with E-state index < -0.39 is 0 Å². The van der Waals surface area contributed by atoms with Gasteiger partial charge in [-0.05, 0) is 6.92 Å². The van der Waals surface area contributed by atoms with Gasteiger partial charge in [0.05, 0.1) is 19.6 Å². The van der Waals surface area contributed by atoms with Gasteiger partial charge in [0.2, 0.25) is 0 Å². The lowest BCUT2D eigenvalue weighted by atomic mass is 10.1. The van der Waals surface area contributed by atoms with E-state index in [0.29, 0.717) is 12.8 Å². The van der Waals surface area contributed by atoms with Crippen LogP contribution >= 0.6 is 0 Å². The monoisotopic (exact) mass is 381 g/mol. The molecule has 0 rings (SSSR count). The van der Waals surface area contributed by atoms with Crippen LogP contribution in [0.5, 0.6) is 0 Å². The van der Waals surface area contributed by atoms with E-state index in [-0.39, 0.29) is 92.9 Å². The van der Waals surface area contributed by atoms with E-state index in [1.165, 1.54) is 11.8 Å². The lowest BCUT2D eigenvalue weighted by molar-refractivity contribution is -0.129. The molecule has 0 saturated heterocycles. The zero-order valence-corrected chi connectivity index (χ0v) is 16.7. The van der Waals surface area contributed by atoms with Gasteiger partial charge < -0.3 is 4.79 Å². The smallest absolute Gasteiger partial charge is 0.147 e. The van der Waals surface area contributed by atoms with Gasteiger partial charge in [-0.2, -0.15) is 0 Å². The Morgan fingerprint density at radius 1 is 0.519 bits per heavy atom. The Bertz CT molecular complexity index is 533. The molecule has 0 aliphatic heterocycles. The molecule has 0 aliphatic carbocycles. The number of nitrogens with zero attached hydrogens (tertiary/aromatic N) is 1. The van der Waals surface area contributed by atoms with Gasteiger partial charge in [0.15, 0.2) is 0 Å². The van der Waals surface area contributed by atoms with Gasteiger partial charge in [-0.15, -0.1) is 0 Å². The molecule has 0 saturated carbocycles. The molecule has 0 aromatic rings. The molecule has 0 fully saturated rings. The molecule has 0 N–H and O–H groups in total. The number of ketones is 6. The maximum atomic E-state index is 12.1. The molecule has 0 aliphatic rings. The first-order valence-electron chi connectivity index (χ1n) is 9.48. The Kier molecular flexibility index (Phi) is 13.0. The SMILES string of the molecule is CCC(=O)CCC(=O)CN(CC(=O)CCC(C)=O)CC(=O)CCC(=O)CC. The summed E-state index contributed by atoms with van der Waals surface area (Å²) in [6.07, 6.45) is 1.39. The minimum Gasteiger partial charge on any atom is -0.300 e. The summed E-state index contributed by atoms with van der Waals surface area (Å²) in [5.74, 6) is -0.774. The van der Waals surface area contributed by atoms with Crippen molar-refractivity contribution in [2.75, 3.05) is 19.6 Å². The van der Waals surface area contributed by atoms with Gasteiger partial charge in [0, 0.05) is 51.4 Å². The predicted molar refractivity (Wildman–Crippen MR) is 100 cm³/mol.